The first-order chi connectivity index (χ1) is 19.6. The summed E-state index contributed by atoms with van der Waals surface area (Å²) in [7, 11) is 0. The Morgan fingerprint density at radius 2 is 1.07 bits per heavy atom. The van der Waals surface area contributed by atoms with Crippen LogP contribution in [0.4, 0.5) is 17.1 Å². The lowest BCUT2D eigenvalue weighted by Gasteiger charge is -2.42. The molecular formula is C37H28N2S. The maximum absolute atomic E-state index is 2.41. The average molecular weight is 533 g/mol. The van der Waals surface area contributed by atoms with E-state index in [9.17, 15) is 0 Å². The van der Waals surface area contributed by atoms with Crippen molar-refractivity contribution in [3.05, 3.63) is 144 Å². The summed E-state index contributed by atoms with van der Waals surface area (Å²) in [5.74, 6) is 0. The van der Waals surface area contributed by atoms with Gasteiger partial charge in [0, 0.05) is 27.6 Å². The molecule has 192 valence electrons. The maximum atomic E-state index is 2.41. The van der Waals surface area contributed by atoms with E-state index in [2.05, 4.69) is 156 Å². The van der Waals surface area contributed by atoms with Gasteiger partial charge in [0.1, 0.15) is 4.83 Å². The molecule has 8 rings (SSSR count). The van der Waals surface area contributed by atoms with Crippen LogP contribution in [0.3, 0.4) is 0 Å². The van der Waals surface area contributed by atoms with Crippen molar-refractivity contribution in [2.75, 3.05) is 4.90 Å². The topological polar surface area (TPSA) is 8.17 Å². The van der Waals surface area contributed by atoms with Crippen LogP contribution in [-0.4, -0.2) is 4.57 Å². The van der Waals surface area contributed by atoms with Crippen molar-refractivity contribution >= 4 is 49.5 Å². The van der Waals surface area contributed by atoms with E-state index in [1.165, 1.54) is 66.1 Å². The van der Waals surface area contributed by atoms with Gasteiger partial charge in [0.25, 0.3) is 0 Å². The quantitative estimate of drug-likeness (QED) is 0.220. The van der Waals surface area contributed by atoms with E-state index in [0.717, 1.165) is 0 Å². The first-order valence-electron chi connectivity index (χ1n) is 13.8. The van der Waals surface area contributed by atoms with Crippen molar-refractivity contribution in [1.29, 1.82) is 0 Å². The zero-order valence-corrected chi connectivity index (χ0v) is 23.3. The number of hydrogen-bond donors (Lipinski definition) is 0. The van der Waals surface area contributed by atoms with Crippen LogP contribution >= 0.6 is 11.3 Å². The van der Waals surface area contributed by atoms with E-state index in [-0.39, 0.29) is 5.41 Å². The molecule has 0 saturated heterocycles. The largest absolute Gasteiger partial charge is 0.310 e. The van der Waals surface area contributed by atoms with Crippen LogP contribution in [0.25, 0.3) is 37.9 Å². The molecule has 3 heteroatoms. The standard InChI is InChI=1S/C37H28N2S/c1-37(2)31-10-4-7-13-34(31)38(35-14-8-5-11-32(35)37)27-19-15-25(16-20-27)26-17-21-28(22-18-26)39-33-12-6-3-9-29(33)30-23-24-40-36(30)39/h3-24H,1-2H3. The van der Waals surface area contributed by atoms with Crippen molar-refractivity contribution in [3.63, 3.8) is 0 Å². The van der Waals surface area contributed by atoms with Crippen LogP contribution in [0, 0.1) is 0 Å². The minimum Gasteiger partial charge on any atom is -0.310 e. The SMILES string of the molecule is CC1(C)c2ccccc2N(c2ccc(-c3ccc(-n4c5ccccc5c5ccsc54)cc3)cc2)c2ccccc21. The number of para-hydroxylation sites is 3. The molecule has 5 aromatic carbocycles. The summed E-state index contributed by atoms with van der Waals surface area (Å²) in [4.78, 5) is 3.70. The van der Waals surface area contributed by atoms with E-state index in [0.29, 0.717) is 0 Å². The number of thiophene rings is 1. The Bertz CT molecular complexity index is 1970. The van der Waals surface area contributed by atoms with Gasteiger partial charge in [0.05, 0.1) is 16.9 Å². The van der Waals surface area contributed by atoms with Gasteiger partial charge in [-0.2, -0.15) is 0 Å². The van der Waals surface area contributed by atoms with Gasteiger partial charge in [-0.3, -0.25) is 0 Å². The Balaban J connectivity index is 1.17. The highest BCUT2D eigenvalue weighted by atomic mass is 32.1. The predicted molar refractivity (Wildman–Crippen MR) is 171 cm³/mol. The average Bonchev–Trinajstić information content (AvgIpc) is 3.59. The van der Waals surface area contributed by atoms with Gasteiger partial charge in [-0.15, -0.1) is 11.3 Å². The van der Waals surface area contributed by atoms with Crippen LogP contribution in [-0.2, 0) is 5.41 Å². The highest BCUT2D eigenvalue weighted by molar-refractivity contribution is 7.17. The molecule has 7 aromatic rings. The maximum Gasteiger partial charge on any atom is 0.108 e. The fourth-order valence-corrected chi connectivity index (χ4v) is 7.44. The van der Waals surface area contributed by atoms with Crippen LogP contribution < -0.4 is 4.90 Å². The van der Waals surface area contributed by atoms with Crippen molar-refractivity contribution < 1.29 is 0 Å². The Morgan fingerprint density at radius 1 is 0.525 bits per heavy atom. The number of aromatic nitrogens is 1. The van der Waals surface area contributed by atoms with E-state index in [1.54, 1.807) is 11.3 Å². The second-order valence-corrected chi connectivity index (χ2v) is 12.0. The highest BCUT2D eigenvalue weighted by Gasteiger charge is 2.36. The third-order valence-corrected chi connectivity index (χ3v) is 9.40. The summed E-state index contributed by atoms with van der Waals surface area (Å²) in [5, 5.41) is 4.82. The number of benzene rings is 5. The molecule has 0 saturated carbocycles. The fourth-order valence-electron chi connectivity index (χ4n) is 6.49. The Labute approximate surface area is 238 Å². The predicted octanol–water partition coefficient (Wildman–Crippen LogP) is 10.6. The molecule has 0 spiro atoms. The molecule has 40 heavy (non-hydrogen) atoms. The summed E-state index contributed by atoms with van der Waals surface area (Å²) in [6, 6.07) is 46.5. The lowest BCUT2D eigenvalue weighted by molar-refractivity contribution is 0.632. The molecule has 1 aliphatic rings. The second kappa shape index (κ2) is 8.70. The van der Waals surface area contributed by atoms with Crippen LogP contribution in [0.15, 0.2) is 133 Å². The van der Waals surface area contributed by atoms with Gasteiger partial charge >= 0.3 is 0 Å². The van der Waals surface area contributed by atoms with Crippen molar-refractivity contribution in [3.8, 4) is 16.8 Å². The van der Waals surface area contributed by atoms with Crippen molar-refractivity contribution in [2.24, 2.45) is 0 Å². The molecule has 0 bridgehead atoms. The molecule has 2 nitrogen and oxygen atoms in total. The van der Waals surface area contributed by atoms with Crippen LogP contribution in [0.2, 0.25) is 0 Å². The first kappa shape index (κ1) is 23.3. The molecule has 0 unspecified atom stereocenters. The third-order valence-electron chi connectivity index (χ3n) is 8.50. The molecule has 0 radical (unpaired) electrons. The lowest BCUT2D eigenvalue weighted by atomic mass is 9.73. The Morgan fingerprint density at radius 3 is 1.73 bits per heavy atom. The normalized spacial score (nSPS) is 13.9. The van der Waals surface area contributed by atoms with E-state index in [4.69, 9.17) is 0 Å². The molecule has 2 aromatic heterocycles. The summed E-state index contributed by atoms with van der Waals surface area (Å²) in [6.45, 7) is 4.66. The van der Waals surface area contributed by atoms with Crippen LogP contribution in [0.1, 0.15) is 25.0 Å². The van der Waals surface area contributed by atoms with E-state index < -0.39 is 0 Å². The van der Waals surface area contributed by atoms with Gasteiger partial charge in [0.2, 0.25) is 0 Å². The minimum atomic E-state index is -0.0505. The summed E-state index contributed by atoms with van der Waals surface area (Å²) in [6.07, 6.45) is 0. The first-order valence-corrected chi connectivity index (χ1v) is 14.7. The third kappa shape index (κ3) is 3.34. The molecule has 0 amide bonds. The number of nitrogens with zero attached hydrogens (tertiary/aromatic N) is 2. The summed E-state index contributed by atoms with van der Waals surface area (Å²) >= 11 is 1.80. The zero-order valence-electron chi connectivity index (χ0n) is 22.5. The summed E-state index contributed by atoms with van der Waals surface area (Å²) < 4.78 is 2.38. The molecule has 3 heterocycles. The smallest absolute Gasteiger partial charge is 0.108 e. The van der Waals surface area contributed by atoms with Gasteiger partial charge in [-0.05, 0) is 76.2 Å². The molecule has 0 N–H and O–H groups in total. The highest BCUT2D eigenvalue weighted by Crippen LogP contribution is 2.51. The minimum absolute atomic E-state index is 0.0505. The number of rotatable bonds is 3. The number of anilines is 3. The van der Waals surface area contributed by atoms with Gasteiger partial charge < -0.3 is 9.47 Å². The Hall–Kier alpha value is -4.60. The fraction of sp³-hybridized carbons (Fsp3) is 0.0811. The van der Waals surface area contributed by atoms with E-state index >= 15 is 0 Å². The van der Waals surface area contributed by atoms with Crippen LogP contribution in [0.5, 0.6) is 0 Å². The molecule has 0 atom stereocenters. The van der Waals surface area contributed by atoms with Crippen molar-refractivity contribution in [1.82, 2.24) is 4.57 Å². The molecular weight excluding hydrogens is 504 g/mol. The summed E-state index contributed by atoms with van der Waals surface area (Å²) in [5.41, 5.74) is 11.2. The number of fused-ring (bicyclic) bond motifs is 5. The number of hydrogen-bond acceptors (Lipinski definition) is 2. The second-order valence-electron chi connectivity index (χ2n) is 11.1. The van der Waals surface area contributed by atoms with Gasteiger partial charge in [-0.25, -0.2) is 0 Å². The monoisotopic (exact) mass is 532 g/mol. The zero-order chi connectivity index (χ0) is 26.8. The Kier molecular flexibility index (Phi) is 5.07. The van der Waals surface area contributed by atoms with Crippen molar-refractivity contribution in [2.45, 2.75) is 19.3 Å². The van der Waals surface area contributed by atoms with E-state index in [1.807, 2.05) is 0 Å². The molecule has 0 aliphatic carbocycles. The van der Waals surface area contributed by atoms with Gasteiger partial charge in [-0.1, -0.05) is 92.7 Å². The molecule has 1 aliphatic heterocycles. The lowest BCUT2D eigenvalue weighted by Crippen LogP contribution is -2.30. The van der Waals surface area contributed by atoms with Gasteiger partial charge in [0.15, 0.2) is 0 Å². The molecule has 0 fully saturated rings.